The second-order valence-electron chi connectivity index (χ2n) is 4.31. The van der Waals surface area contributed by atoms with Crippen molar-refractivity contribution < 1.29 is 4.74 Å². The van der Waals surface area contributed by atoms with E-state index in [1.54, 1.807) is 11.3 Å². The van der Waals surface area contributed by atoms with E-state index >= 15 is 0 Å². The number of ether oxygens (including phenoxy) is 1. The Balaban J connectivity index is 1.97. The first-order valence-electron chi connectivity index (χ1n) is 5.97. The molecule has 1 aromatic heterocycles. The minimum Gasteiger partial charge on any atom is -0.486 e. The zero-order valence-corrected chi connectivity index (χ0v) is 11.8. The summed E-state index contributed by atoms with van der Waals surface area (Å²) >= 11 is 1.69. The first kappa shape index (κ1) is 13.1. The summed E-state index contributed by atoms with van der Waals surface area (Å²) in [5.74, 6) is 0.936. The van der Waals surface area contributed by atoms with Gasteiger partial charge in [0.2, 0.25) is 0 Å². The van der Waals surface area contributed by atoms with Crippen LogP contribution in [0.5, 0.6) is 5.75 Å². The Labute approximate surface area is 112 Å². The molecule has 0 spiro atoms. The van der Waals surface area contributed by atoms with Gasteiger partial charge in [0.25, 0.3) is 0 Å². The highest BCUT2D eigenvalue weighted by molar-refractivity contribution is 7.11. The van der Waals surface area contributed by atoms with Gasteiger partial charge < -0.3 is 10.1 Å². The van der Waals surface area contributed by atoms with Crippen LogP contribution >= 0.6 is 11.3 Å². The molecule has 2 rings (SSSR count). The van der Waals surface area contributed by atoms with Crippen LogP contribution in [-0.2, 0) is 13.2 Å². The fraction of sp³-hybridized carbons (Fsp3) is 0.357. The highest BCUT2D eigenvalue weighted by Crippen LogP contribution is 2.21. The molecular formula is C14H18N2OS. The SMILES string of the molecule is CNCc1cnc(COc2ccc(C)cc2C)s1. The minimum absolute atomic E-state index is 0.540. The lowest BCUT2D eigenvalue weighted by Crippen LogP contribution is -2.02. The lowest BCUT2D eigenvalue weighted by atomic mass is 10.1. The lowest BCUT2D eigenvalue weighted by Gasteiger charge is -2.07. The van der Waals surface area contributed by atoms with E-state index in [0.717, 1.165) is 17.3 Å². The maximum Gasteiger partial charge on any atom is 0.140 e. The average molecular weight is 262 g/mol. The first-order chi connectivity index (χ1) is 8.69. The molecule has 0 atom stereocenters. The normalized spacial score (nSPS) is 10.6. The molecule has 0 aliphatic rings. The van der Waals surface area contributed by atoms with Crippen molar-refractivity contribution in [3.63, 3.8) is 0 Å². The van der Waals surface area contributed by atoms with Crippen LogP contribution in [0.1, 0.15) is 21.0 Å². The van der Waals surface area contributed by atoms with Gasteiger partial charge in [-0.25, -0.2) is 4.98 Å². The van der Waals surface area contributed by atoms with Crippen LogP contribution in [0.2, 0.25) is 0 Å². The molecule has 1 heterocycles. The number of benzene rings is 1. The molecule has 0 aliphatic heterocycles. The van der Waals surface area contributed by atoms with E-state index < -0.39 is 0 Å². The van der Waals surface area contributed by atoms with Crippen LogP contribution in [0.15, 0.2) is 24.4 Å². The summed E-state index contributed by atoms with van der Waals surface area (Å²) in [5.41, 5.74) is 2.42. The van der Waals surface area contributed by atoms with Gasteiger partial charge in [-0.3, -0.25) is 0 Å². The van der Waals surface area contributed by atoms with Gasteiger partial charge >= 0.3 is 0 Å². The van der Waals surface area contributed by atoms with Gasteiger partial charge in [-0.05, 0) is 32.5 Å². The molecule has 1 aromatic carbocycles. The number of rotatable bonds is 5. The van der Waals surface area contributed by atoms with Crippen molar-refractivity contribution in [2.24, 2.45) is 0 Å². The Kier molecular flexibility index (Phi) is 4.33. The topological polar surface area (TPSA) is 34.2 Å². The molecule has 0 aliphatic carbocycles. The molecule has 96 valence electrons. The molecule has 0 unspecified atom stereocenters. The summed E-state index contributed by atoms with van der Waals surface area (Å²) in [6, 6.07) is 6.22. The summed E-state index contributed by atoms with van der Waals surface area (Å²) in [7, 11) is 1.94. The maximum atomic E-state index is 5.80. The van der Waals surface area contributed by atoms with E-state index in [1.165, 1.54) is 16.0 Å². The number of nitrogens with zero attached hydrogens (tertiary/aromatic N) is 1. The number of hydrogen-bond acceptors (Lipinski definition) is 4. The van der Waals surface area contributed by atoms with Crippen molar-refractivity contribution in [1.82, 2.24) is 10.3 Å². The predicted octanol–water partition coefficient (Wildman–Crippen LogP) is 3.06. The van der Waals surface area contributed by atoms with Gasteiger partial charge in [-0.1, -0.05) is 17.7 Å². The quantitative estimate of drug-likeness (QED) is 0.899. The largest absolute Gasteiger partial charge is 0.486 e. The van der Waals surface area contributed by atoms with E-state index in [0.29, 0.717) is 6.61 Å². The van der Waals surface area contributed by atoms with E-state index in [2.05, 4.69) is 36.3 Å². The van der Waals surface area contributed by atoms with E-state index in [1.807, 2.05) is 19.3 Å². The molecule has 2 aromatic rings. The third-order valence-corrected chi connectivity index (χ3v) is 3.60. The van der Waals surface area contributed by atoms with E-state index in [-0.39, 0.29) is 0 Å². The van der Waals surface area contributed by atoms with Crippen LogP contribution in [0, 0.1) is 13.8 Å². The van der Waals surface area contributed by atoms with Gasteiger partial charge in [0, 0.05) is 17.6 Å². The third kappa shape index (κ3) is 3.31. The van der Waals surface area contributed by atoms with Gasteiger partial charge in [0.05, 0.1) is 0 Å². The zero-order valence-electron chi connectivity index (χ0n) is 11.0. The highest BCUT2D eigenvalue weighted by atomic mass is 32.1. The molecule has 0 saturated heterocycles. The number of nitrogens with one attached hydrogen (secondary N) is 1. The van der Waals surface area contributed by atoms with Crippen LogP contribution < -0.4 is 10.1 Å². The van der Waals surface area contributed by atoms with Crippen LogP contribution in [-0.4, -0.2) is 12.0 Å². The summed E-state index contributed by atoms with van der Waals surface area (Å²) < 4.78 is 5.80. The Morgan fingerprint density at radius 3 is 2.89 bits per heavy atom. The van der Waals surface area contributed by atoms with Crippen molar-refractivity contribution >= 4 is 11.3 Å². The molecule has 0 fully saturated rings. The minimum atomic E-state index is 0.540. The van der Waals surface area contributed by atoms with Gasteiger partial charge in [-0.2, -0.15) is 0 Å². The average Bonchev–Trinajstić information content (AvgIpc) is 2.76. The Bertz CT molecular complexity index is 522. The second-order valence-corrected chi connectivity index (χ2v) is 5.51. The van der Waals surface area contributed by atoms with Crippen LogP contribution in [0.25, 0.3) is 0 Å². The molecule has 4 heteroatoms. The Hall–Kier alpha value is -1.39. The van der Waals surface area contributed by atoms with Gasteiger partial charge in [-0.15, -0.1) is 11.3 Å². The third-order valence-electron chi connectivity index (χ3n) is 2.63. The standard InChI is InChI=1S/C14H18N2OS/c1-10-4-5-13(11(2)6-10)17-9-14-16-8-12(18-14)7-15-3/h4-6,8,15H,7,9H2,1-3H3. The molecule has 18 heavy (non-hydrogen) atoms. The summed E-state index contributed by atoms with van der Waals surface area (Å²) in [6.07, 6.45) is 1.90. The summed E-state index contributed by atoms with van der Waals surface area (Å²) in [5, 5.41) is 4.13. The van der Waals surface area contributed by atoms with Gasteiger partial charge in [0.1, 0.15) is 17.4 Å². The molecule has 0 saturated carbocycles. The highest BCUT2D eigenvalue weighted by Gasteiger charge is 2.04. The van der Waals surface area contributed by atoms with E-state index in [9.17, 15) is 0 Å². The Morgan fingerprint density at radius 2 is 2.17 bits per heavy atom. The fourth-order valence-corrected chi connectivity index (χ4v) is 2.62. The fourth-order valence-electron chi connectivity index (χ4n) is 1.77. The second kappa shape index (κ2) is 5.98. The molecule has 3 nitrogen and oxygen atoms in total. The summed E-state index contributed by atoms with van der Waals surface area (Å²) in [4.78, 5) is 5.58. The number of thiazole rings is 1. The van der Waals surface area contributed by atoms with Crippen LogP contribution in [0.3, 0.4) is 0 Å². The lowest BCUT2D eigenvalue weighted by molar-refractivity contribution is 0.303. The van der Waals surface area contributed by atoms with Crippen LogP contribution in [0.4, 0.5) is 0 Å². The monoisotopic (exact) mass is 262 g/mol. The van der Waals surface area contributed by atoms with Crippen molar-refractivity contribution in [3.05, 3.63) is 45.4 Å². The molecular weight excluding hydrogens is 244 g/mol. The molecule has 0 amide bonds. The number of hydrogen-bond donors (Lipinski definition) is 1. The molecule has 0 radical (unpaired) electrons. The van der Waals surface area contributed by atoms with Crippen molar-refractivity contribution in [2.75, 3.05) is 7.05 Å². The molecule has 0 bridgehead atoms. The smallest absolute Gasteiger partial charge is 0.140 e. The number of aromatic nitrogens is 1. The molecule has 1 N–H and O–H groups in total. The predicted molar refractivity (Wildman–Crippen MR) is 75.1 cm³/mol. The van der Waals surface area contributed by atoms with Crippen molar-refractivity contribution in [1.29, 1.82) is 0 Å². The first-order valence-corrected chi connectivity index (χ1v) is 6.79. The van der Waals surface area contributed by atoms with Crippen molar-refractivity contribution in [2.45, 2.75) is 27.0 Å². The maximum absolute atomic E-state index is 5.80. The van der Waals surface area contributed by atoms with Gasteiger partial charge in [0.15, 0.2) is 0 Å². The Morgan fingerprint density at radius 1 is 1.33 bits per heavy atom. The zero-order chi connectivity index (χ0) is 13.0. The number of aryl methyl sites for hydroxylation is 2. The van der Waals surface area contributed by atoms with E-state index in [4.69, 9.17) is 4.74 Å². The van der Waals surface area contributed by atoms with Crippen molar-refractivity contribution in [3.8, 4) is 5.75 Å². The summed E-state index contributed by atoms with van der Waals surface area (Å²) in [6.45, 7) is 5.55.